The van der Waals surface area contributed by atoms with E-state index in [2.05, 4.69) is 5.32 Å². The van der Waals surface area contributed by atoms with E-state index in [0.717, 1.165) is 11.1 Å². The van der Waals surface area contributed by atoms with Crippen LogP contribution in [-0.2, 0) is 27.3 Å². The molecular weight excluding hydrogens is 356 g/mol. The lowest BCUT2D eigenvalue weighted by Crippen LogP contribution is -2.38. The first-order valence-corrected chi connectivity index (χ1v) is 9.39. The summed E-state index contributed by atoms with van der Waals surface area (Å²) in [6, 6.07) is 19.0. The molecule has 1 aliphatic rings. The van der Waals surface area contributed by atoms with Crippen LogP contribution in [0, 0.1) is 11.8 Å². The van der Waals surface area contributed by atoms with Gasteiger partial charge in [0.25, 0.3) is 0 Å². The Balaban J connectivity index is 1.52. The van der Waals surface area contributed by atoms with Gasteiger partial charge in [-0.2, -0.15) is 0 Å². The summed E-state index contributed by atoms with van der Waals surface area (Å²) in [7, 11) is 0. The first-order chi connectivity index (χ1) is 13.5. The fourth-order valence-corrected chi connectivity index (χ4v) is 3.42. The third-order valence-electron chi connectivity index (χ3n) is 5.00. The number of amides is 2. The second-order valence-corrected chi connectivity index (χ2v) is 7.13. The number of carbonyl (C=O) groups is 3. The Morgan fingerprint density at radius 1 is 1.04 bits per heavy atom. The molecule has 6 nitrogen and oxygen atoms in total. The standard InChI is InChI=1S/C22H24N2O4/c25-20-12-19(15-24(20)14-17-9-5-2-6-10-17)21(26)23-13-18(22(27)28)11-16-7-3-1-4-8-16/h1-10,18-19H,11-15H2,(H,23,26)(H,27,28). The summed E-state index contributed by atoms with van der Waals surface area (Å²) < 4.78 is 0. The van der Waals surface area contributed by atoms with E-state index >= 15 is 0 Å². The summed E-state index contributed by atoms with van der Waals surface area (Å²) >= 11 is 0. The molecule has 2 aromatic carbocycles. The highest BCUT2D eigenvalue weighted by Gasteiger charge is 2.34. The van der Waals surface area contributed by atoms with E-state index in [9.17, 15) is 19.5 Å². The van der Waals surface area contributed by atoms with Gasteiger partial charge in [0, 0.05) is 26.1 Å². The Hall–Kier alpha value is -3.15. The van der Waals surface area contributed by atoms with E-state index in [1.807, 2.05) is 60.7 Å². The molecule has 6 heteroatoms. The lowest BCUT2D eigenvalue weighted by molar-refractivity contribution is -0.141. The number of nitrogens with one attached hydrogen (secondary N) is 1. The number of likely N-dealkylation sites (tertiary alicyclic amines) is 1. The highest BCUT2D eigenvalue weighted by atomic mass is 16.4. The van der Waals surface area contributed by atoms with Gasteiger partial charge in [0.2, 0.25) is 11.8 Å². The Labute approximate surface area is 164 Å². The summed E-state index contributed by atoms with van der Waals surface area (Å²) in [5.74, 6) is -2.41. The Morgan fingerprint density at radius 3 is 2.25 bits per heavy atom. The lowest BCUT2D eigenvalue weighted by Gasteiger charge is -2.18. The van der Waals surface area contributed by atoms with Gasteiger partial charge in [0.05, 0.1) is 11.8 Å². The Bertz CT molecular complexity index is 823. The molecule has 0 radical (unpaired) electrons. The van der Waals surface area contributed by atoms with Crippen molar-refractivity contribution in [3.63, 3.8) is 0 Å². The van der Waals surface area contributed by atoms with Crippen LogP contribution < -0.4 is 5.32 Å². The Kier molecular flexibility index (Phi) is 6.42. The summed E-state index contributed by atoms with van der Waals surface area (Å²) in [6.45, 7) is 0.887. The summed E-state index contributed by atoms with van der Waals surface area (Å²) in [4.78, 5) is 37.9. The minimum atomic E-state index is -0.947. The van der Waals surface area contributed by atoms with Gasteiger partial charge in [-0.25, -0.2) is 0 Å². The molecule has 0 aliphatic carbocycles. The normalized spacial score (nSPS) is 17.4. The lowest BCUT2D eigenvalue weighted by atomic mass is 9.99. The topological polar surface area (TPSA) is 86.7 Å². The monoisotopic (exact) mass is 380 g/mol. The van der Waals surface area contributed by atoms with Crippen molar-refractivity contribution in [1.29, 1.82) is 0 Å². The molecular formula is C22H24N2O4. The second kappa shape index (κ2) is 9.17. The fourth-order valence-electron chi connectivity index (χ4n) is 3.42. The highest BCUT2D eigenvalue weighted by molar-refractivity contribution is 5.89. The molecule has 28 heavy (non-hydrogen) atoms. The van der Waals surface area contributed by atoms with Crippen LogP contribution >= 0.6 is 0 Å². The fraction of sp³-hybridized carbons (Fsp3) is 0.318. The van der Waals surface area contributed by atoms with Crippen molar-refractivity contribution in [2.45, 2.75) is 19.4 Å². The molecule has 146 valence electrons. The van der Waals surface area contributed by atoms with Crippen LogP contribution in [0.2, 0.25) is 0 Å². The maximum atomic E-state index is 12.5. The quantitative estimate of drug-likeness (QED) is 0.734. The number of aliphatic carboxylic acids is 1. The first-order valence-electron chi connectivity index (χ1n) is 9.39. The number of nitrogens with zero attached hydrogens (tertiary/aromatic N) is 1. The van der Waals surface area contributed by atoms with Crippen LogP contribution in [0.5, 0.6) is 0 Å². The van der Waals surface area contributed by atoms with Crippen LogP contribution in [0.1, 0.15) is 17.5 Å². The van der Waals surface area contributed by atoms with Crippen molar-refractivity contribution in [2.24, 2.45) is 11.8 Å². The molecule has 0 spiro atoms. The Morgan fingerprint density at radius 2 is 1.64 bits per heavy atom. The number of rotatable bonds is 8. The van der Waals surface area contributed by atoms with Crippen molar-refractivity contribution < 1.29 is 19.5 Å². The van der Waals surface area contributed by atoms with E-state index in [0.29, 0.717) is 19.5 Å². The van der Waals surface area contributed by atoms with Crippen LogP contribution in [-0.4, -0.2) is 40.9 Å². The van der Waals surface area contributed by atoms with Crippen molar-refractivity contribution in [3.05, 3.63) is 71.8 Å². The molecule has 1 saturated heterocycles. The van der Waals surface area contributed by atoms with Gasteiger partial charge in [-0.15, -0.1) is 0 Å². The van der Waals surface area contributed by atoms with E-state index in [4.69, 9.17) is 0 Å². The number of carboxylic acid groups (broad SMARTS) is 1. The van der Waals surface area contributed by atoms with E-state index in [-0.39, 0.29) is 24.8 Å². The zero-order valence-corrected chi connectivity index (χ0v) is 15.6. The summed E-state index contributed by atoms with van der Waals surface area (Å²) in [5.41, 5.74) is 1.93. The van der Waals surface area contributed by atoms with Gasteiger partial charge in [-0.3, -0.25) is 14.4 Å². The average Bonchev–Trinajstić information content (AvgIpc) is 3.07. The van der Waals surface area contributed by atoms with Crippen molar-refractivity contribution in [2.75, 3.05) is 13.1 Å². The van der Waals surface area contributed by atoms with Crippen LogP contribution in [0.3, 0.4) is 0 Å². The summed E-state index contributed by atoms with van der Waals surface area (Å²) in [6.07, 6.45) is 0.509. The van der Waals surface area contributed by atoms with Crippen molar-refractivity contribution >= 4 is 17.8 Å². The predicted octanol–water partition coefficient (Wildman–Crippen LogP) is 2.09. The molecule has 2 atom stereocenters. The highest BCUT2D eigenvalue weighted by Crippen LogP contribution is 2.20. The summed E-state index contributed by atoms with van der Waals surface area (Å²) in [5, 5.41) is 12.2. The van der Waals surface area contributed by atoms with Crippen LogP contribution in [0.15, 0.2) is 60.7 Å². The van der Waals surface area contributed by atoms with Gasteiger partial charge >= 0.3 is 5.97 Å². The smallest absolute Gasteiger partial charge is 0.308 e. The molecule has 0 aromatic heterocycles. The van der Waals surface area contributed by atoms with E-state index in [1.54, 1.807) is 4.90 Å². The van der Waals surface area contributed by atoms with Gasteiger partial charge < -0.3 is 15.3 Å². The molecule has 1 aliphatic heterocycles. The van der Waals surface area contributed by atoms with E-state index < -0.39 is 17.8 Å². The molecule has 2 aromatic rings. The third kappa shape index (κ3) is 5.19. The van der Waals surface area contributed by atoms with Crippen LogP contribution in [0.4, 0.5) is 0 Å². The number of carbonyl (C=O) groups excluding carboxylic acids is 2. The minimum Gasteiger partial charge on any atom is -0.481 e. The van der Waals surface area contributed by atoms with Gasteiger partial charge in [-0.1, -0.05) is 60.7 Å². The number of hydrogen-bond donors (Lipinski definition) is 2. The largest absolute Gasteiger partial charge is 0.481 e. The SMILES string of the molecule is O=C(O)C(CNC(=O)C1CC(=O)N(Cc2ccccc2)C1)Cc1ccccc1. The molecule has 2 amide bonds. The molecule has 2 N–H and O–H groups in total. The maximum Gasteiger partial charge on any atom is 0.308 e. The molecule has 1 heterocycles. The molecule has 2 unspecified atom stereocenters. The third-order valence-corrected chi connectivity index (χ3v) is 5.00. The van der Waals surface area contributed by atoms with Gasteiger partial charge in [0.15, 0.2) is 0 Å². The average molecular weight is 380 g/mol. The molecule has 0 saturated carbocycles. The van der Waals surface area contributed by atoms with E-state index in [1.165, 1.54) is 0 Å². The number of carboxylic acids is 1. The number of hydrogen-bond acceptors (Lipinski definition) is 3. The maximum absolute atomic E-state index is 12.5. The van der Waals surface area contributed by atoms with Crippen LogP contribution in [0.25, 0.3) is 0 Å². The predicted molar refractivity (Wildman–Crippen MR) is 104 cm³/mol. The molecule has 1 fully saturated rings. The zero-order valence-electron chi connectivity index (χ0n) is 15.6. The van der Waals surface area contributed by atoms with Crippen molar-refractivity contribution in [1.82, 2.24) is 10.2 Å². The molecule has 0 bridgehead atoms. The number of benzene rings is 2. The van der Waals surface area contributed by atoms with Gasteiger partial charge in [0.1, 0.15) is 0 Å². The van der Waals surface area contributed by atoms with Crippen molar-refractivity contribution in [3.8, 4) is 0 Å². The second-order valence-electron chi connectivity index (χ2n) is 7.13. The molecule has 3 rings (SSSR count). The first kappa shape index (κ1) is 19.6. The zero-order chi connectivity index (χ0) is 19.9. The minimum absolute atomic E-state index is 0.0481. The van der Waals surface area contributed by atoms with Gasteiger partial charge in [-0.05, 0) is 17.5 Å².